The van der Waals surface area contributed by atoms with Crippen LogP contribution in [-0.2, 0) is 25.8 Å². The molecule has 0 saturated carbocycles. The zero-order valence-electron chi connectivity index (χ0n) is 15.8. The molecule has 2 aromatic carbocycles. The van der Waals surface area contributed by atoms with Gasteiger partial charge in [0.15, 0.2) is 0 Å². The highest BCUT2D eigenvalue weighted by Gasteiger charge is 2.33. The minimum atomic E-state index is -3.69. The van der Waals surface area contributed by atoms with Crippen LogP contribution in [0.5, 0.6) is 0 Å². The predicted molar refractivity (Wildman–Crippen MR) is 105 cm³/mol. The van der Waals surface area contributed by atoms with Crippen molar-refractivity contribution in [1.29, 1.82) is 0 Å². The summed E-state index contributed by atoms with van der Waals surface area (Å²) >= 11 is 0. The molecule has 0 atom stereocenters. The third-order valence-electron chi connectivity index (χ3n) is 4.79. The Morgan fingerprint density at radius 2 is 1.54 bits per heavy atom. The quantitative estimate of drug-likeness (QED) is 0.735. The molecule has 1 fully saturated rings. The molecule has 0 unspecified atom stereocenters. The maximum Gasteiger partial charge on any atom is 0.243 e. The highest BCUT2D eigenvalue weighted by Crippen LogP contribution is 2.23. The first-order valence-electron chi connectivity index (χ1n) is 8.89. The third-order valence-corrected chi connectivity index (χ3v) is 8.68. The SMILES string of the molecule is Cc1ccc(C)c(S(=O)(=O)N2CCN(S(=O)(=O)Cc3cccc(F)c3)CC2)c1. The molecule has 2 aromatic rings. The van der Waals surface area contributed by atoms with Gasteiger partial charge in [0.1, 0.15) is 5.82 Å². The molecule has 0 spiro atoms. The van der Waals surface area contributed by atoms with Crippen molar-refractivity contribution in [2.45, 2.75) is 24.5 Å². The average Bonchev–Trinajstić information content (AvgIpc) is 2.63. The first kappa shape index (κ1) is 20.9. The summed E-state index contributed by atoms with van der Waals surface area (Å²) in [5.41, 5.74) is 1.87. The van der Waals surface area contributed by atoms with Gasteiger partial charge in [-0.3, -0.25) is 0 Å². The molecule has 3 rings (SSSR count). The van der Waals surface area contributed by atoms with Crippen LogP contribution in [-0.4, -0.2) is 51.6 Å². The van der Waals surface area contributed by atoms with Crippen LogP contribution in [0.25, 0.3) is 0 Å². The van der Waals surface area contributed by atoms with E-state index in [0.717, 1.165) is 5.56 Å². The Morgan fingerprint density at radius 1 is 0.893 bits per heavy atom. The monoisotopic (exact) mass is 426 g/mol. The van der Waals surface area contributed by atoms with Crippen LogP contribution in [0.2, 0.25) is 0 Å². The summed E-state index contributed by atoms with van der Waals surface area (Å²) < 4.78 is 67.1. The number of rotatable bonds is 5. The van der Waals surface area contributed by atoms with Gasteiger partial charge in [-0.1, -0.05) is 24.3 Å². The van der Waals surface area contributed by atoms with E-state index in [0.29, 0.717) is 11.1 Å². The molecule has 28 heavy (non-hydrogen) atoms. The van der Waals surface area contributed by atoms with E-state index < -0.39 is 25.9 Å². The van der Waals surface area contributed by atoms with Gasteiger partial charge in [-0.2, -0.15) is 8.61 Å². The first-order valence-corrected chi connectivity index (χ1v) is 11.9. The molecule has 0 radical (unpaired) electrons. The Hall–Kier alpha value is -1.81. The van der Waals surface area contributed by atoms with Crippen LogP contribution >= 0.6 is 0 Å². The minimum absolute atomic E-state index is 0.0712. The summed E-state index contributed by atoms with van der Waals surface area (Å²) in [5, 5.41) is 0. The molecule has 1 aliphatic rings. The molecular weight excluding hydrogens is 403 g/mol. The van der Waals surface area contributed by atoms with Crippen molar-refractivity contribution in [3.63, 3.8) is 0 Å². The van der Waals surface area contributed by atoms with E-state index in [1.54, 1.807) is 25.1 Å². The Morgan fingerprint density at radius 3 is 2.18 bits per heavy atom. The van der Waals surface area contributed by atoms with Crippen molar-refractivity contribution in [3.8, 4) is 0 Å². The lowest BCUT2D eigenvalue weighted by Crippen LogP contribution is -2.50. The van der Waals surface area contributed by atoms with E-state index in [2.05, 4.69) is 0 Å². The highest BCUT2D eigenvalue weighted by molar-refractivity contribution is 7.89. The van der Waals surface area contributed by atoms with Gasteiger partial charge in [-0.05, 0) is 48.7 Å². The van der Waals surface area contributed by atoms with E-state index in [-0.39, 0.29) is 36.8 Å². The lowest BCUT2D eigenvalue weighted by molar-refractivity contribution is 0.272. The second-order valence-corrected chi connectivity index (χ2v) is 10.8. The van der Waals surface area contributed by atoms with Crippen molar-refractivity contribution in [3.05, 3.63) is 65.0 Å². The molecule has 1 saturated heterocycles. The minimum Gasteiger partial charge on any atom is -0.212 e. The van der Waals surface area contributed by atoms with Crippen molar-refractivity contribution < 1.29 is 21.2 Å². The fourth-order valence-electron chi connectivity index (χ4n) is 3.24. The van der Waals surface area contributed by atoms with Gasteiger partial charge < -0.3 is 0 Å². The number of sulfonamides is 2. The summed E-state index contributed by atoms with van der Waals surface area (Å²) in [6.07, 6.45) is 0. The molecule has 0 amide bonds. The summed E-state index contributed by atoms with van der Waals surface area (Å²) in [6.45, 7) is 3.88. The van der Waals surface area contributed by atoms with Crippen LogP contribution in [0.3, 0.4) is 0 Å². The summed E-state index contributed by atoms with van der Waals surface area (Å²) in [5.74, 6) is -0.800. The third kappa shape index (κ3) is 4.43. The topological polar surface area (TPSA) is 74.8 Å². The molecule has 1 heterocycles. The number of piperazine rings is 1. The Balaban J connectivity index is 1.72. The van der Waals surface area contributed by atoms with Crippen molar-refractivity contribution in [2.75, 3.05) is 26.2 Å². The molecule has 1 aliphatic heterocycles. The molecule has 0 aromatic heterocycles. The van der Waals surface area contributed by atoms with E-state index in [1.807, 2.05) is 13.0 Å². The van der Waals surface area contributed by atoms with Gasteiger partial charge in [0, 0.05) is 26.2 Å². The molecule has 9 heteroatoms. The second kappa shape index (κ2) is 7.90. The summed E-state index contributed by atoms with van der Waals surface area (Å²) in [6, 6.07) is 10.7. The average molecular weight is 427 g/mol. The Bertz CT molecular complexity index is 1080. The smallest absolute Gasteiger partial charge is 0.212 e. The van der Waals surface area contributed by atoms with Crippen LogP contribution in [0.15, 0.2) is 47.4 Å². The second-order valence-electron chi connectivity index (χ2n) is 6.96. The lowest BCUT2D eigenvalue weighted by Gasteiger charge is -2.33. The number of aryl methyl sites for hydroxylation is 2. The molecule has 6 nitrogen and oxygen atoms in total. The largest absolute Gasteiger partial charge is 0.243 e. The van der Waals surface area contributed by atoms with E-state index in [9.17, 15) is 21.2 Å². The van der Waals surface area contributed by atoms with Crippen molar-refractivity contribution in [2.24, 2.45) is 0 Å². The molecule has 0 aliphatic carbocycles. The number of halogens is 1. The predicted octanol–water partition coefficient (Wildman–Crippen LogP) is 2.28. The fraction of sp³-hybridized carbons (Fsp3) is 0.368. The van der Waals surface area contributed by atoms with Gasteiger partial charge >= 0.3 is 0 Å². The molecule has 0 N–H and O–H groups in total. The number of hydrogen-bond acceptors (Lipinski definition) is 4. The van der Waals surface area contributed by atoms with Crippen LogP contribution in [0.4, 0.5) is 4.39 Å². The highest BCUT2D eigenvalue weighted by atomic mass is 32.2. The summed E-state index contributed by atoms with van der Waals surface area (Å²) in [7, 11) is -7.34. The maximum atomic E-state index is 13.3. The first-order chi connectivity index (χ1) is 13.1. The van der Waals surface area contributed by atoms with E-state index in [4.69, 9.17) is 0 Å². The molecule has 0 bridgehead atoms. The van der Waals surface area contributed by atoms with Crippen molar-refractivity contribution >= 4 is 20.0 Å². The van der Waals surface area contributed by atoms with Crippen LogP contribution < -0.4 is 0 Å². The Labute approximate surface area is 165 Å². The van der Waals surface area contributed by atoms with Crippen LogP contribution in [0.1, 0.15) is 16.7 Å². The fourth-order valence-corrected chi connectivity index (χ4v) is 6.48. The maximum absolute atomic E-state index is 13.3. The number of hydrogen-bond donors (Lipinski definition) is 0. The summed E-state index contributed by atoms with van der Waals surface area (Å²) in [4.78, 5) is 0.253. The zero-order chi connectivity index (χ0) is 20.5. The van der Waals surface area contributed by atoms with Crippen LogP contribution in [0, 0.1) is 19.7 Å². The zero-order valence-corrected chi connectivity index (χ0v) is 17.4. The standard InChI is InChI=1S/C19H23FN2O4S2/c1-15-6-7-16(2)19(12-15)28(25,26)22-10-8-21(9-11-22)27(23,24)14-17-4-3-5-18(20)13-17/h3-7,12-13H,8-11,14H2,1-2H3. The van der Waals surface area contributed by atoms with Gasteiger partial charge in [-0.15, -0.1) is 0 Å². The Kier molecular flexibility index (Phi) is 5.90. The number of nitrogens with zero attached hydrogens (tertiary/aromatic N) is 2. The van der Waals surface area contributed by atoms with Gasteiger partial charge in [-0.25, -0.2) is 21.2 Å². The molecular formula is C19H23FN2O4S2. The van der Waals surface area contributed by atoms with Gasteiger partial charge in [0.2, 0.25) is 20.0 Å². The normalized spacial score (nSPS) is 17.0. The van der Waals surface area contributed by atoms with Crippen molar-refractivity contribution in [1.82, 2.24) is 8.61 Å². The molecule has 152 valence electrons. The van der Waals surface area contributed by atoms with E-state index >= 15 is 0 Å². The number of benzene rings is 2. The van der Waals surface area contributed by atoms with Gasteiger partial charge in [0.25, 0.3) is 0 Å². The van der Waals surface area contributed by atoms with Gasteiger partial charge in [0.05, 0.1) is 10.6 Å². The lowest BCUT2D eigenvalue weighted by atomic mass is 10.2. The van der Waals surface area contributed by atoms with E-state index in [1.165, 1.54) is 26.8 Å².